The van der Waals surface area contributed by atoms with Crippen molar-refractivity contribution in [3.63, 3.8) is 0 Å². The highest BCUT2D eigenvalue weighted by Crippen LogP contribution is 2.40. The van der Waals surface area contributed by atoms with Crippen molar-refractivity contribution in [2.45, 2.75) is 51.4 Å². The molecule has 0 fully saturated rings. The van der Waals surface area contributed by atoms with Gasteiger partial charge in [0.05, 0.1) is 0 Å². The summed E-state index contributed by atoms with van der Waals surface area (Å²) in [5.41, 5.74) is 0.586. The summed E-state index contributed by atoms with van der Waals surface area (Å²) in [6.07, 6.45) is 10.8. The largest absolute Gasteiger partial charge is 0.0928 e. The van der Waals surface area contributed by atoms with Crippen molar-refractivity contribution in [2.24, 2.45) is 5.41 Å². The molecule has 0 saturated carbocycles. The van der Waals surface area contributed by atoms with Crippen molar-refractivity contribution in [3.05, 3.63) is 0 Å². The quantitative estimate of drug-likeness (QED) is 0.263. The third kappa shape index (κ3) is 9.45. The first-order valence-electron chi connectivity index (χ1n) is 6.48. The van der Waals surface area contributed by atoms with Gasteiger partial charge in [-0.05, 0) is 56.8 Å². The summed E-state index contributed by atoms with van der Waals surface area (Å²) in [6.45, 7) is 0. The first-order valence-corrected chi connectivity index (χ1v) is 11.0. The molecule has 17 heavy (non-hydrogen) atoms. The van der Waals surface area contributed by atoms with Crippen LogP contribution in [0, 0.1) is 5.41 Å². The first kappa shape index (κ1) is 18.9. The predicted octanol–water partition coefficient (Wildman–Crippen LogP) is 6.67. The third-order valence-corrected chi connectivity index (χ3v) is 5.61. The lowest BCUT2D eigenvalue weighted by Gasteiger charge is -2.34. The molecule has 0 aromatic heterocycles. The molecule has 0 bridgehead atoms. The molecule has 104 valence electrons. The van der Waals surface area contributed by atoms with Gasteiger partial charge >= 0.3 is 0 Å². The molecular formula is C13H24Br4. The average molecular weight is 500 g/mol. The molecule has 0 aromatic carbocycles. The van der Waals surface area contributed by atoms with Gasteiger partial charge in [-0.3, -0.25) is 0 Å². The summed E-state index contributed by atoms with van der Waals surface area (Å²) < 4.78 is 0. The number of hydrogen-bond donors (Lipinski definition) is 0. The lowest BCUT2D eigenvalue weighted by atomic mass is 9.72. The molecule has 0 unspecified atom stereocenters. The number of halogens is 4. The molecule has 0 spiro atoms. The molecular weight excluding hydrogens is 476 g/mol. The fraction of sp³-hybridized carbons (Fsp3) is 1.00. The zero-order valence-corrected chi connectivity index (χ0v) is 16.8. The SMILES string of the molecule is BrCCCC(CCCBr)(CCCBr)CCCBr. The Bertz CT molecular complexity index is 124. The smallest absolute Gasteiger partial charge is 0.00315 e. The molecule has 0 radical (unpaired) electrons. The molecule has 0 aliphatic carbocycles. The van der Waals surface area contributed by atoms with Crippen molar-refractivity contribution in [1.29, 1.82) is 0 Å². The van der Waals surface area contributed by atoms with E-state index in [1.807, 2.05) is 0 Å². The summed E-state index contributed by atoms with van der Waals surface area (Å²) in [4.78, 5) is 0. The minimum Gasteiger partial charge on any atom is -0.0928 e. The zero-order valence-electron chi connectivity index (χ0n) is 10.5. The van der Waals surface area contributed by atoms with Crippen LogP contribution in [0.1, 0.15) is 51.4 Å². The minimum atomic E-state index is 0.586. The van der Waals surface area contributed by atoms with E-state index in [4.69, 9.17) is 0 Å². The van der Waals surface area contributed by atoms with Gasteiger partial charge in [0.1, 0.15) is 0 Å². The summed E-state index contributed by atoms with van der Waals surface area (Å²) in [5, 5.41) is 4.58. The van der Waals surface area contributed by atoms with Gasteiger partial charge in [-0.2, -0.15) is 0 Å². The molecule has 4 heteroatoms. The Morgan fingerprint density at radius 1 is 0.471 bits per heavy atom. The molecule has 0 aromatic rings. The van der Waals surface area contributed by atoms with Crippen molar-refractivity contribution in [3.8, 4) is 0 Å². The van der Waals surface area contributed by atoms with Crippen molar-refractivity contribution >= 4 is 63.7 Å². The Morgan fingerprint density at radius 3 is 0.882 bits per heavy atom. The summed E-state index contributed by atoms with van der Waals surface area (Å²) in [5.74, 6) is 0. The second kappa shape index (κ2) is 12.9. The molecule has 0 heterocycles. The maximum Gasteiger partial charge on any atom is 0.00315 e. The monoisotopic (exact) mass is 496 g/mol. The van der Waals surface area contributed by atoms with Crippen LogP contribution in [-0.2, 0) is 0 Å². The standard InChI is InChI=1S/C13H24Br4/c14-9-1-5-13(6-2-10-15,7-3-11-16)8-4-12-17/h1-12H2. The van der Waals surface area contributed by atoms with E-state index in [9.17, 15) is 0 Å². The topological polar surface area (TPSA) is 0 Å². The van der Waals surface area contributed by atoms with Crippen LogP contribution >= 0.6 is 63.7 Å². The molecule has 0 N–H and O–H groups in total. The van der Waals surface area contributed by atoms with Gasteiger partial charge in [-0.25, -0.2) is 0 Å². The highest BCUT2D eigenvalue weighted by Gasteiger charge is 2.27. The summed E-state index contributed by atoms with van der Waals surface area (Å²) in [7, 11) is 0. The van der Waals surface area contributed by atoms with Gasteiger partial charge in [-0.1, -0.05) is 63.7 Å². The van der Waals surface area contributed by atoms with Crippen molar-refractivity contribution < 1.29 is 0 Å². The first-order chi connectivity index (χ1) is 8.24. The molecule has 0 atom stereocenters. The highest BCUT2D eigenvalue weighted by atomic mass is 79.9. The van der Waals surface area contributed by atoms with Crippen LogP contribution in [0.15, 0.2) is 0 Å². The van der Waals surface area contributed by atoms with Crippen molar-refractivity contribution in [2.75, 3.05) is 21.3 Å². The Balaban J connectivity index is 4.39. The third-order valence-electron chi connectivity index (χ3n) is 3.36. The van der Waals surface area contributed by atoms with E-state index in [2.05, 4.69) is 63.7 Å². The second-order valence-electron chi connectivity index (χ2n) is 4.67. The van der Waals surface area contributed by atoms with E-state index in [1.165, 1.54) is 51.4 Å². The maximum atomic E-state index is 3.58. The normalized spacial score (nSPS) is 12.0. The van der Waals surface area contributed by atoms with Crippen LogP contribution < -0.4 is 0 Å². The summed E-state index contributed by atoms with van der Waals surface area (Å²) >= 11 is 14.3. The lowest BCUT2D eigenvalue weighted by Crippen LogP contribution is -2.22. The summed E-state index contributed by atoms with van der Waals surface area (Å²) in [6, 6.07) is 0. The van der Waals surface area contributed by atoms with E-state index in [0.717, 1.165) is 21.3 Å². The maximum absolute atomic E-state index is 3.58. The van der Waals surface area contributed by atoms with Crippen molar-refractivity contribution in [1.82, 2.24) is 0 Å². The van der Waals surface area contributed by atoms with Crippen LogP contribution in [0.4, 0.5) is 0 Å². The molecule has 0 rings (SSSR count). The number of hydrogen-bond acceptors (Lipinski definition) is 0. The molecule has 0 nitrogen and oxygen atoms in total. The van der Waals surface area contributed by atoms with Gasteiger partial charge < -0.3 is 0 Å². The highest BCUT2D eigenvalue weighted by molar-refractivity contribution is 9.09. The Hall–Kier alpha value is 1.92. The zero-order chi connectivity index (χ0) is 13.0. The molecule has 0 amide bonds. The minimum absolute atomic E-state index is 0.586. The fourth-order valence-corrected chi connectivity index (χ4v) is 3.64. The van der Waals surface area contributed by atoms with E-state index < -0.39 is 0 Å². The van der Waals surface area contributed by atoms with E-state index in [0.29, 0.717) is 5.41 Å². The molecule has 0 aliphatic rings. The molecule has 0 saturated heterocycles. The second-order valence-corrected chi connectivity index (χ2v) is 7.84. The van der Waals surface area contributed by atoms with Crippen LogP contribution in [0.25, 0.3) is 0 Å². The number of rotatable bonds is 12. The number of alkyl halides is 4. The van der Waals surface area contributed by atoms with Crippen LogP contribution in [0.2, 0.25) is 0 Å². The lowest BCUT2D eigenvalue weighted by molar-refractivity contribution is 0.194. The Morgan fingerprint density at radius 2 is 0.706 bits per heavy atom. The Kier molecular flexibility index (Phi) is 14.4. The molecule has 0 aliphatic heterocycles. The van der Waals surface area contributed by atoms with Crippen LogP contribution in [0.3, 0.4) is 0 Å². The van der Waals surface area contributed by atoms with Gasteiger partial charge in [0, 0.05) is 21.3 Å². The van der Waals surface area contributed by atoms with Crippen LogP contribution in [-0.4, -0.2) is 21.3 Å². The Labute approximate surface area is 141 Å². The van der Waals surface area contributed by atoms with E-state index in [-0.39, 0.29) is 0 Å². The average Bonchev–Trinajstić information content (AvgIpc) is 2.37. The van der Waals surface area contributed by atoms with E-state index >= 15 is 0 Å². The van der Waals surface area contributed by atoms with Gasteiger partial charge in [-0.15, -0.1) is 0 Å². The van der Waals surface area contributed by atoms with E-state index in [1.54, 1.807) is 0 Å². The van der Waals surface area contributed by atoms with Gasteiger partial charge in [0.25, 0.3) is 0 Å². The predicted molar refractivity (Wildman–Crippen MR) is 94.5 cm³/mol. The van der Waals surface area contributed by atoms with Crippen LogP contribution in [0.5, 0.6) is 0 Å². The fourth-order valence-electron chi connectivity index (χ4n) is 2.52. The van der Waals surface area contributed by atoms with Gasteiger partial charge in [0.2, 0.25) is 0 Å². The van der Waals surface area contributed by atoms with Gasteiger partial charge in [0.15, 0.2) is 0 Å².